The van der Waals surface area contributed by atoms with Gasteiger partial charge in [-0.2, -0.15) is 0 Å². The minimum atomic E-state index is -4.28. The molecular weight excluding hydrogens is 453 g/mol. The van der Waals surface area contributed by atoms with Crippen molar-refractivity contribution in [3.63, 3.8) is 0 Å². The Bertz CT molecular complexity index is 1230. The van der Waals surface area contributed by atoms with Crippen LogP contribution in [0.4, 0.5) is 17.1 Å². The third-order valence-corrected chi connectivity index (χ3v) is 6.06. The molecule has 0 unspecified atom stereocenters. The Hall–Kier alpha value is -3.14. The number of halogens is 2. The number of nitro benzene ring substituents is 1. The van der Waals surface area contributed by atoms with Gasteiger partial charge in [-0.15, -0.1) is 0 Å². The molecule has 0 aliphatic rings. The molecule has 0 saturated carbocycles. The highest BCUT2D eigenvalue weighted by molar-refractivity contribution is 7.92. The van der Waals surface area contributed by atoms with Crippen LogP contribution in [0.15, 0.2) is 71.6 Å². The van der Waals surface area contributed by atoms with E-state index in [1.165, 1.54) is 18.2 Å². The summed E-state index contributed by atoms with van der Waals surface area (Å²) in [6.45, 7) is 0. The van der Waals surface area contributed by atoms with E-state index in [1.807, 2.05) is 0 Å². The van der Waals surface area contributed by atoms with Gasteiger partial charge in [0.25, 0.3) is 21.6 Å². The molecule has 0 spiro atoms. The van der Waals surface area contributed by atoms with Crippen LogP contribution in [-0.4, -0.2) is 19.2 Å². The standard InChI is InChI=1S/C19H13Cl2N3O5S/c20-16-11-17(21)18(10-15(16)19(25)22-12-5-2-1-3-6-12)30(28,29)23-13-7-4-8-14(9-13)24(26)27/h1-11,23H,(H,22,25). The van der Waals surface area contributed by atoms with E-state index in [4.69, 9.17) is 23.2 Å². The predicted molar refractivity (Wildman–Crippen MR) is 115 cm³/mol. The first-order valence-corrected chi connectivity index (χ1v) is 10.5. The van der Waals surface area contributed by atoms with Crippen molar-refractivity contribution in [3.05, 3.63) is 92.5 Å². The molecule has 0 aromatic heterocycles. The summed E-state index contributed by atoms with van der Waals surface area (Å²) in [7, 11) is -4.28. The van der Waals surface area contributed by atoms with E-state index in [0.29, 0.717) is 5.69 Å². The van der Waals surface area contributed by atoms with Crippen molar-refractivity contribution in [3.8, 4) is 0 Å². The van der Waals surface area contributed by atoms with E-state index in [1.54, 1.807) is 30.3 Å². The Kier molecular flexibility index (Phi) is 6.25. The second kappa shape index (κ2) is 8.70. The van der Waals surface area contributed by atoms with Gasteiger partial charge in [0.15, 0.2) is 0 Å². The lowest BCUT2D eigenvalue weighted by Gasteiger charge is -2.13. The maximum absolute atomic E-state index is 12.8. The van der Waals surface area contributed by atoms with Crippen molar-refractivity contribution in [1.82, 2.24) is 0 Å². The van der Waals surface area contributed by atoms with Crippen molar-refractivity contribution in [2.24, 2.45) is 0 Å². The SMILES string of the molecule is O=C(Nc1ccccc1)c1cc(S(=O)(=O)Nc2cccc([N+](=O)[O-])c2)c(Cl)cc1Cl. The molecule has 8 nitrogen and oxygen atoms in total. The maximum atomic E-state index is 12.8. The molecule has 0 atom stereocenters. The van der Waals surface area contributed by atoms with Gasteiger partial charge in [0.05, 0.1) is 26.2 Å². The number of rotatable bonds is 6. The molecule has 2 N–H and O–H groups in total. The predicted octanol–water partition coefficient (Wildman–Crippen LogP) is 4.95. The zero-order valence-electron chi connectivity index (χ0n) is 15.0. The number of nitrogens with zero attached hydrogens (tertiary/aromatic N) is 1. The number of benzene rings is 3. The zero-order valence-corrected chi connectivity index (χ0v) is 17.3. The summed E-state index contributed by atoms with van der Waals surface area (Å²) in [5.41, 5.74) is 0.0582. The lowest BCUT2D eigenvalue weighted by molar-refractivity contribution is -0.384. The zero-order chi connectivity index (χ0) is 21.9. The lowest BCUT2D eigenvalue weighted by atomic mass is 10.2. The second-order valence-corrected chi connectivity index (χ2v) is 8.46. The molecule has 30 heavy (non-hydrogen) atoms. The first-order valence-electron chi connectivity index (χ1n) is 8.30. The first kappa shape index (κ1) is 21.6. The molecule has 11 heteroatoms. The smallest absolute Gasteiger partial charge is 0.271 e. The number of para-hydroxylation sites is 1. The van der Waals surface area contributed by atoms with E-state index in [9.17, 15) is 23.3 Å². The van der Waals surface area contributed by atoms with E-state index < -0.39 is 25.7 Å². The van der Waals surface area contributed by atoms with Crippen LogP contribution < -0.4 is 10.0 Å². The number of hydrogen-bond donors (Lipinski definition) is 2. The summed E-state index contributed by atoms with van der Waals surface area (Å²) >= 11 is 12.1. The Labute approximate surface area is 181 Å². The Morgan fingerprint density at radius 2 is 1.57 bits per heavy atom. The van der Waals surface area contributed by atoms with Gasteiger partial charge in [-0.1, -0.05) is 47.5 Å². The molecule has 0 radical (unpaired) electrons. The molecule has 154 valence electrons. The molecule has 0 fully saturated rings. The molecule has 3 aromatic carbocycles. The molecule has 0 heterocycles. The highest BCUT2D eigenvalue weighted by atomic mass is 35.5. The Morgan fingerprint density at radius 3 is 2.23 bits per heavy atom. The van der Waals surface area contributed by atoms with Gasteiger partial charge in [-0.3, -0.25) is 19.6 Å². The molecule has 1 amide bonds. The number of hydrogen-bond acceptors (Lipinski definition) is 5. The molecule has 0 aliphatic heterocycles. The lowest BCUT2D eigenvalue weighted by Crippen LogP contribution is -2.17. The number of nitro groups is 1. The molecule has 3 rings (SSSR count). The fourth-order valence-corrected chi connectivity index (χ4v) is 4.43. The third kappa shape index (κ3) is 4.88. The summed E-state index contributed by atoms with van der Waals surface area (Å²) in [4.78, 5) is 22.4. The van der Waals surface area contributed by atoms with E-state index in [-0.39, 0.29) is 27.0 Å². The summed E-state index contributed by atoms with van der Waals surface area (Å²) in [6, 6.07) is 15.7. The first-order chi connectivity index (χ1) is 14.2. The van der Waals surface area contributed by atoms with Crippen LogP contribution in [0, 0.1) is 10.1 Å². The summed E-state index contributed by atoms with van der Waals surface area (Å²) in [5.74, 6) is -0.630. The van der Waals surface area contributed by atoms with Crippen molar-refractivity contribution in [2.45, 2.75) is 4.90 Å². The topological polar surface area (TPSA) is 118 Å². The van der Waals surface area contributed by atoms with Crippen LogP contribution in [0.2, 0.25) is 10.0 Å². The quantitative estimate of drug-likeness (QED) is 0.394. The monoisotopic (exact) mass is 465 g/mol. The number of nitrogens with one attached hydrogen (secondary N) is 2. The van der Waals surface area contributed by atoms with Crippen LogP contribution in [0.25, 0.3) is 0 Å². The average Bonchev–Trinajstić information content (AvgIpc) is 2.68. The van der Waals surface area contributed by atoms with Crippen molar-refractivity contribution in [1.29, 1.82) is 0 Å². The molecule has 0 aliphatic carbocycles. The van der Waals surface area contributed by atoms with Crippen LogP contribution >= 0.6 is 23.2 Å². The van der Waals surface area contributed by atoms with Gasteiger partial charge in [0.2, 0.25) is 0 Å². The van der Waals surface area contributed by atoms with Gasteiger partial charge in [0, 0.05) is 17.8 Å². The fraction of sp³-hybridized carbons (Fsp3) is 0. The Morgan fingerprint density at radius 1 is 0.900 bits per heavy atom. The summed E-state index contributed by atoms with van der Waals surface area (Å²) in [5, 5.41) is 13.3. The number of amides is 1. The number of carbonyl (C=O) groups excluding carboxylic acids is 1. The summed E-state index contributed by atoms with van der Waals surface area (Å²) in [6.07, 6.45) is 0. The minimum absolute atomic E-state index is 0.0366. The summed E-state index contributed by atoms with van der Waals surface area (Å²) < 4.78 is 27.8. The van der Waals surface area contributed by atoms with Crippen LogP contribution in [0.1, 0.15) is 10.4 Å². The normalized spacial score (nSPS) is 11.0. The van der Waals surface area contributed by atoms with Crippen molar-refractivity contribution >= 4 is 56.2 Å². The Balaban J connectivity index is 1.95. The highest BCUT2D eigenvalue weighted by Gasteiger charge is 2.23. The maximum Gasteiger partial charge on any atom is 0.271 e. The number of sulfonamides is 1. The van der Waals surface area contributed by atoms with Gasteiger partial charge >= 0.3 is 0 Å². The van der Waals surface area contributed by atoms with Crippen LogP contribution in [0.3, 0.4) is 0 Å². The van der Waals surface area contributed by atoms with Crippen molar-refractivity contribution < 1.29 is 18.1 Å². The largest absolute Gasteiger partial charge is 0.322 e. The highest BCUT2D eigenvalue weighted by Crippen LogP contribution is 2.31. The van der Waals surface area contributed by atoms with Gasteiger partial charge in [0.1, 0.15) is 4.90 Å². The van der Waals surface area contributed by atoms with E-state index >= 15 is 0 Å². The average molecular weight is 466 g/mol. The van der Waals surface area contributed by atoms with Gasteiger partial charge in [-0.25, -0.2) is 8.42 Å². The minimum Gasteiger partial charge on any atom is -0.322 e. The van der Waals surface area contributed by atoms with Crippen molar-refractivity contribution in [2.75, 3.05) is 10.0 Å². The van der Waals surface area contributed by atoms with Crippen LogP contribution in [0.5, 0.6) is 0 Å². The fourth-order valence-electron chi connectivity index (χ4n) is 2.52. The second-order valence-electron chi connectivity index (χ2n) is 6.00. The molecular formula is C19H13Cl2N3O5S. The van der Waals surface area contributed by atoms with Gasteiger partial charge in [-0.05, 0) is 30.3 Å². The van der Waals surface area contributed by atoms with E-state index in [2.05, 4.69) is 10.0 Å². The van der Waals surface area contributed by atoms with Gasteiger partial charge < -0.3 is 5.32 Å². The molecule has 0 bridgehead atoms. The number of carbonyl (C=O) groups is 1. The molecule has 0 saturated heterocycles. The van der Waals surface area contributed by atoms with E-state index in [0.717, 1.165) is 18.2 Å². The molecule has 3 aromatic rings. The number of non-ortho nitro benzene ring substituents is 1. The number of anilines is 2. The van der Waals surface area contributed by atoms with Crippen LogP contribution in [-0.2, 0) is 10.0 Å². The third-order valence-electron chi connectivity index (χ3n) is 3.90.